The molecule has 0 fully saturated rings. The van der Waals surface area contributed by atoms with Gasteiger partial charge in [-0.2, -0.15) is 0 Å². The van der Waals surface area contributed by atoms with Crippen molar-refractivity contribution >= 4 is 34.7 Å². The van der Waals surface area contributed by atoms with E-state index < -0.39 is 0 Å². The number of carbonyl (C=O) groups excluding carboxylic acids is 1. The van der Waals surface area contributed by atoms with E-state index in [4.69, 9.17) is 21.1 Å². The van der Waals surface area contributed by atoms with E-state index in [2.05, 4.69) is 15.6 Å². The lowest BCUT2D eigenvalue weighted by atomic mass is 10.2. The van der Waals surface area contributed by atoms with Gasteiger partial charge in [0, 0.05) is 5.56 Å². The van der Waals surface area contributed by atoms with Crippen LogP contribution in [0.3, 0.4) is 0 Å². The Morgan fingerprint density at radius 3 is 2.69 bits per heavy atom. The number of ether oxygens (including phenoxy) is 2. The molecule has 2 heterocycles. The highest BCUT2D eigenvalue weighted by Crippen LogP contribution is 2.32. The number of carbonyl (C=O) groups is 1. The smallest absolute Gasteiger partial charge is 0.255 e. The van der Waals surface area contributed by atoms with Crippen LogP contribution in [0.5, 0.6) is 11.5 Å². The second-order valence-electron chi connectivity index (χ2n) is 5.56. The zero-order valence-corrected chi connectivity index (χ0v) is 14.3. The summed E-state index contributed by atoms with van der Waals surface area (Å²) >= 11 is 6.12. The Morgan fingerprint density at radius 2 is 1.88 bits per heavy atom. The van der Waals surface area contributed by atoms with Gasteiger partial charge in [0.25, 0.3) is 5.91 Å². The molecule has 1 amide bonds. The number of aromatic nitrogens is 1. The van der Waals surface area contributed by atoms with Gasteiger partial charge in [0.15, 0.2) is 11.5 Å². The molecule has 130 valence electrons. The number of hydrogen-bond acceptors (Lipinski definition) is 5. The summed E-state index contributed by atoms with van der Waals surface area (Å²) in [6.07, 6.45) is 1.57. The zero-order chi connectivity index (χ0) is 17.9. The number of nitrogens with zero attached hydrogens (tertiary/aromatic N) is 1. The molecule has 7 heteroatoms. The van der Waals surface area contributed by atoms with Gasteiger partial charge >= 0.3 is 0 Å². The number of pyridine rings is 1. The Balaban J connectivity index is 1.44. The van der Waals surface area contributed by atoms with Crippen molar-refractivity contribution in [2.24, 2.45) is 0 Å². The largest absolute Gasteiger partial charge is 0.454 e. The fourth-order valence-corrected chi connectivity index (χ4v) is 2.67. The first-order valence-corrected chi connectivity index (χ1v) is 8.25. The Labute approximate surface area is 154 Å². The van der Waals surface area contributed by atoms with Gasteiger partial charge in [0.2, 0.25) is 6.79 Å². The van der Waals surface area contributed by atoms with Gasteiger partial charge in [-0.25, -0.2) is 4.98 Å². The number of anilines is 3. The van der Waals surface area contributed by atoms with Crippen molar-refractivity contribution in [1.82, 2.24) is 4.98 Å². The molecule has 2 aromatic carbocycles. The Hall–Kier alpha value is -3.25. The Bertz CT molecular complexity index is 960. The highest BCUT2D eigenvalue weighted by Gasteiger charge is 2.16. The third-order valence-corrected chi connectivity index (χ3v) is 4.12. The number of benzene rings is 2. The fraction of sp³-hybridized carbons (Fsp3) is 0.0526. The molecular weight excluding hydrogens is 354 g/mol. The Kier molecular flexibility index (Phi) is 4.33. The van der Waals surface area contributed by atoms with E-state index in [1.165, 1.54) is 0 Å². The molecule has 4 rings (SSSR count). The maximum atomic E-state index is 12.4. The molecule has 0 spiro atoms. The van der Waals surface area contributed by atoms with Gasteiger partial charge in [-0.1, -0.05) is 23.7 Å². The lowest BCUT2D eigenvalue weighted by molar-refractivity contribution is 0.102. The third-order valence-electron chi connectivity index (χ3n) is 3.79. The summed E-state index contributed by atoms with van der Waals surface area (Å²) in [5.74, 6) is 1.57. The van der Waals surface area contributed by atoms with Crippen molar-refractivity contribution in [2.45, 2.75) is 0 Å². The van der Waals surface area contributed by atoms with Crippen molar-refractivity contribution in [3.8, 4) is 11.5 Å². The first-order valence-electron chi connectivity index (χ1n) is 7.88. The molecule has 0 saturated heterocycles. The molecule has 6 nitrogen and oxygen atoms in total. The van der Waals surface area contributed by atoms with Crippen molar-refractivity contribution in [2.75, 3.05) is 17.4 Å². The predicted octanol–water partition coefficient (Wildman–Crippen LogP) is 4.46. The van der Waals surface area contributed by atoms with Crippen molar-refractivity contribution in [3.63, 3.8) is 0 Å². The molecular formula is C19H14ClN3O3. The summed E-state index contributed by atoms with van der Waals surface area (Å²) in [6, 6.07) is 16.0. The molecule has 0 unspecified atom stereocenters. The van der Waals surface area contributed by atoms with Crippen LogP contribution in [0.2, 0.25) is 5.02 Å². The van der Waals surface area contributed by atoms with Crippen LogP contribution in [0.15, 0.2) is 60.8 Å². The maximum Gasteiger partial charge on any atom is 0.255 e. The van der Waals surface area contributed by atoms with Crippen LogP contribution in [-0.2, 0) is 0 Å². The Morgan fingerprint density at radius 1 is 1.04 bits per heavy atom. The van der Waals surface area contributed by atoms with E-state index in [1.54, 1.807) is 42.6 Å². The van der Waals surface area contributed by atoms with E-state index in [1.807, 2.05) is 18.2 Å². The van der Waals surface area contributed by atoms with Crippen molar-refractivity contribution in [3.05, 3.63) is 71.4 Å². The van der Waals surface area contributed by atoms with Gasteiger partial charge < -0.3 is 20.1 Å². The minimum absolute atomic E-state index is 0.171. The van der Waals surface area contributed by atoms with Crippen LogP contribution in [-0.4, -0.2) is 17.7 Å². The van der Waals surface area contributed by atoms with Gasteiger partial charge in [0.05, 0.1) is 22.6 Å². The van der Waals surface area contributed by atoms with Crippen LogP contribution in [0.1, 0.15) is 10.4 Å². The summed E-state index contributed by atoms with van der Waals surface area (Å²) in [7, 11) is 0. The molecule has 1 aliphatic heterocycles. The molecule has 2 N–H and O–H groups in total. The minimum atomic E-state index is -0.253. The molecule has 3 aromatic rings. The zero-order valence-electron chi connectivity index (χ0n) is 13.5. The number of amides is 1. The van der Waals surface area contributed by atoms with Gasteiger partial charge in [-0.05, 0) is 42.5 Å². The average Bonchev–Trinajstić information content (AvgIpc) is 3.13. The van der Waals surface area contributed by atoms with Crippen LogP contribution in [0.25, 0.3) is 0 Å². The lowest BCUT2D eigenvalue weighted by Crippen LogP contribution is -2.12. The molecule has 0 aliphatic carbocycles. The molecule has 0 radical (unpaired) electrons. The summed E-state index contributed by atoms with van der Waals surface area (Å²) in [4.78, 5) is 16.7. The number of halogens is 1. The van der Waals surface area contributed by atoms with Gasteiger partial charge in [0.1, 0.15) is 5.82 Å². The molecule has 1 aromatic heterocycles. The number of rotatable bonds is 4. The minimum Gasteiger partial charge on any atom is -0.454 e. The topological polar surface area (TPSA) is 72.5 Å². The SMILES string of the molecule is O=C(Nc1ccc(Nc2ccccc2Cl)nc1)c1ccc2c(c1)OCO2. The number of hydrogen-bond donors (Lipinski definition) is 2. The van der Waals surface area contributed by atoms with Crippen LogP contribution < -0.4 is 20.1 Å². The molecule has 0 saturated carbocycles. The first kappa shape index (κ1) is 16.2. The summed E-state index contributed by atoms with van der Waals surface area (Å²) in [5.41, 5.74) is 1.82. The molecule has 1 aliphatic rings. The maximum absolute atomic E-state index is 12.4. The molecule has 0 bridgehead atoms. The third kappa shape index (κ3) is 3.41. The molecule has 26 heavy (non-hydrogen) atoms. The second kappa shape index (κ2) is 6.93. The van der Waals surface area contributed by atoms with Gasteiger partial charge in [-0.3, -0.25) is 4.79 Å². The lowest BCUT2D eigenvalue weighted by Gasteiger charge is -2.09. The standard InChI is InChI=1S/C19H14ClN3O3/c20-14-3-1-2-4-15(14)23-18-8-6-13(10-21-18)22-19(24)12-5-7-16-17(9-12)26-11-25-16/h1-10H,11H2,(H,21,23)(H,22,24). The van der Waals surface area contributed by atoms with Crippen molar-refractivity contribution < 1.29 is 14.3 Å². The average molecular weight is 368 g/mol. The summed E-state index contributed by atoms with van der Waals surface area (Å²) in [5, 5.41) is 6.53. The highest BCUT2D eigenvalue weighted by molar-refractivity contribution is 6.33. The van der Waals surface area contributed by atoms with Crippen LogP contribution in [0, 0.1) is 0 Å². The summed E-state index contributed by atoms with van der Waals surface area (Å²) in [6.45, 7) is 0.171. The van der Waals surface area contributed by atoms with Crippen molar-refractivity contribution in [1.29, 1.82) is 0 Å². The summed E-state index contributed by atoms with van der Waals surface area (Å²) < 4.78 is 10.5. The van der Waals surface area contributed by atoms with E-state index in [9.17, 15) is 4.79 Å². The first-order chi connectivity index (χ1) is 12.7. The number of para-hydroxylation sites is 1. The van der Waals surface area contributed by atoms with E-state index >= 15 is 0 Å². The normalized spacial score (nSPS) is 11.9. The predicted molar refractivity (Wildman–Crippen MR) is 99.5 cm³/mol. The quantitative estimate of drug-likeness (QED) is 0.712. The number of fused-ring (bicyclic) bond motifs is 1. The van der Waals surface area contributed by atoms with E-state index in [-0.39, 0.29) is 12.7 Å². The van der Waals surface area contributed by atoms with Crippen LogP contribution >= 0.6 is 11.6 Å². The van der Waals surface area contributed by atoms with Crippen LogP contribution in [0.4, 0.5) is 17.2 Å². The van der Waals surface area contributed by atoms with E-state index in [0.717, 1.165) is 5.69 Å². The highest BCUT2D eigenvalue weighted by atomic mass is 35.5. The van der Waals surface area contributed by atoms with E-state index in [0.29, 0.717) is 33.6 Å². The fourth-order valence-electron chi connectivity index (χ4n) is 2.48. The number of nitrogens with one attached hydrogen (secondary N) is 2. The van der Waals surface area contributed by atoms with Gasteiger partial charge in [-0.15, -0.1) is 0 Å². The molecule has 0 atom stereocenters. The second-order valence-corrected chi connectivity index (χ2v) is 5.97. The monoisotopic (exact) mass is 367 g/mol.